The first kappa shape index (κ1) is 73.6. The molecule has 1 aromatic rings. The van der Waals surface area contributed by atoms with Crippen LogP contribution in [0.15, 0.2) is 54.1 Å². The maximum absolute atomic E-state index is 15.7. The smallest absolute Gasteiger partial charge is 0.308 e. The van der Waals surface area contributed by atoms with Gasteiger partial charge in [-0.1, -0.05) is 68.8 Å². The summed E-state index contributed by atoms with van der Waals surface area (Å²) in [6, 6.07) is 6.46. The molecule has 6 rings (SSSR count). The summed E-state index contributed by atoms with van der Waals surface area (Å²) >= 11 is 0. The molecule has 1 aromatic carbocycles. The van der Waals surface area contributed by atoms with Crippen LogP contribution in [0.4, 0.5) is 0 Å². The fourth-order valence-electron chi connectivity index (χ4n) is 12.4. The van der Waals surface area contributed by atoms with Gasteiger partial charge in [-0.15, -0.1) is 0 Å². The summed E-state index contributed by atoms with van der Waals surface area (Å²) in [6.07, 6.45) is -12.6. The lowest BCUT2D eigenvalue weighted by Gasteiger charge is -2.50. The summed E-state index contributed by atoms with van der Waals surface area (Å²) in [5.74, 6) is -7.43. The number of aliphatic hydroxyl groups excluding tert-OH is 4. The van der Waals surface area contributed by atoms with E-state index in [-0.39, 0.29) is 71.9 Å². The van der Waals surface area contributed by atoms with Gasteiger partial charge in [0.15, 0.2) is 24.7 Å². The van der Waals surface area contributed by atoms with Crippen molar-refractivity contribution in [1.29, 1.82) is 0 Å². The Morgan fingerprint density at radius 1 is 0.820 bits per heavy atom. The van der Waals surface area contributed by atoms with Gasteiger partial charge in [-0.2, -0.15) is 0 Å². The van der Waals surface area contributed by atoms with Crippen molar-refractivity contribution in [3.05, 3.63) is 59.7 Å². The number of hydrogen-bond acceptors (Lipinski definition) is 23. The van der Waals surface area contributed by atoms with Crippen molar-refractivity contribution in [2.24, 2.45) is 23.7 Å². The fraction of sp³-hybridized carbons (Fsp3) is 0.762. The largest absolute Gasteiger partial charge is 0.462 e. The van der Waals surface area contributed by atoms with Crippen LogP contribution in [0.5, 0.6) is 0 Å². The van der Waals surface area contributed by atoms with Gasteiger partial charge in [0, 0.05) is 63.9 Å². The number of nitrogens with zero attached hydrogens (tertiary/aromatic N) is 2. The van der Waals surface area contributed by atoms with Crippen molar-refractivity contribution < 1.29 is 106 Å². The van der Waals surface area contributed by atoms with Crippen LogP contribution in [-0.2, 0) is 87.4 Å². The number of hydrogen-bond donors (Lipinski definition) is 7. The molecule has 0 bridgehead atoms. The molecule has 5 aliphatic heterocycles. The number of ether oxygens (including phenoxy) is 12. The average molecular weight is 1270 g/mol. The van der Waals surface area contributed by atoms with E-state index in [4.69, 9.17) is 56.8 Å². The molecule has 26 heteroatoms. The highest BCUT2D eigenvalue weighted by Crippen LogP contribution is 2.39. The number of nitrogens with one attached hydrogen (secondary N) is 2. The number of benzene rings is 1. The van der Waals surface area contributed by atoms with Crippen LogP contribution < -0.4 is 10.6 Å². The van der Waals surface area contributed by atoms with Gasteiger partial charge in [0.2, 0.25) is 17.7 Å². The number of carbonyl (C=O) groups is 5. The standard InChI is InChI=1S/C63H100N4O22/c1-13-46-42(32-83-62-58(79-12)57(78-11)53(73)38(5)85-62)27-35(2)19-20-44(68)36(3)28-43(51(60(76)65-31-41-17-15-14-16-18-41)67-22-24-81-26-25-80-23-21-64-47(70)33-82-34-48(67)71)55(37(4)45(69)29-49(72)87-46)89-61-54(74)52(66(9)10)56(39(6)86-61)88-50-30-63(8,77)59(75)40(7)84-50/h14-20,27,36-40,42-43,45-46,50-59,61-62,69,73-75,77H,13,21-26,28-34H2,1-12H3,(H,64,70)(H,65,76)/b20-19+,35-27+/t36-,37+,38-,39-,40+,42-,43-,45+,46-,50+,51?,52?,53-,54-,55-,56-,57-,58-,59+,61+,62-,63-/m1/s1. The molecular formula is C63H100N4O22. The lowest BCUT2D eigenvalue weighted by atomic mass is 9.76. The zero-order chi connectivity index (χ0) is 65.3. The number of aliphatic hydroxyl groups is 5. The third-order valence-corrected chi connectivity index (χ3v) is 17.5. The van der Waals surface area contributed by atoms with Crippen molar-refractivity contribution in [2.45, 2.75) is 197 Å². The Balaban J connectivity index is 1.48. The second kappa shape index (κ2) is 35.0. The monoisotopic (exact) mass is 1260 g/mol. The Kier molecular flexibility index (Phi) is 29.0. The minimum Gasteiger partial charge on any atom is -0.462 e. The summed E-state index contributed by atoms with van der Waals surface area (Å²) in [5, 5.41) is 63.8. The Morgan fingerprint density at radius 2 is 1.51 bits per heavy atom. The zero-order valence-electron chi connectivity index (χ0n) is 53.7. The van der Waals surface area contributed by atoms with E-state index in [1.165, 1.54) is 32.1 Å². The van der Waals surface area contributed by atoms with E-state index in [1.54, 1.807) is 97.0 Å². The van der Waals surface area contributed by atoms with E-state index in [2.05, 4.69) is 10.6 Å². The van der Waals surface area contributed by atoms with Crippen molar-refractivity contribution in [3.63, 3.8) is 0 Å². The first-order valence-corrected chi connectivity index (χ1v) is 31.1. The molecular weight excluding hydrogens is 1160 g/mol. The number of carbonyl (C=O) groups excluding carboxylic acids is 5. The maximum atomic E-state index is 15.7. The third kappa shape index (κ3) is 20.3. The number of methoxy groups -OCH3 is 2. The van der Waals surface area contributed by atoms with Crippen LogP contribution >= 0.6 is 0 Å². The number of allylic oxidation sites excluding steroid dienone is 3. The highest BCUT2D eigenvalue weighted by molar-refractivity contribution is 5.92. The van der Waals surface area contributed by atoms with Crippen LogP contribution in [-0.4, -0.2) is 262 Å². The number of cyclic esters (lactones) is 1. The second-order valence-electron chi connectivity index (χ2n) is 24.5. The molecule has 0 radical (unpaired) electrons. The molecule has 5 aliphatic rings. The molecule has 3 amide bonds. The first-order chi connectivity index (χ1) is 42.3. The average Bonchev–Trinajstić information content (AvgIpc) is 1.23. The van der Waals surface area contributed by atoms with E-state index in [0.717, 1.165) is 0 Å². The second-order valence-corrected chi connectivity index (χ2v) is 24.5. The number of ketones is 1. The normalized spacial score (nSPS) is 38.9. The van der Waals surface area contributed by atoms with Crippen molar-refractivity contribution in [2.75, 3.05) is 87.7 Å². The molecule has 504 valence electrons. The predicted molar refractivity (Wildman–Crippen MR) is 319 cm³/mol. The van der Waals surface area contributed by atoms with Crippen LogP contribution in [0.2, 0.25) is 0 Å². The molecule has 0 aromatic heterocycles. The summed E-state index contributed by atoms with van der Waals surface area (Å²) in [5.41, 5.74) is -0.316. The van der Waals surface area contributed by atoms with Crippen LogP contribution in [0.3, 0.4) is 0 Å². The van der Waals surface area contributed by atoms with Gasteiger partial charge < -0.3 is 103 Å². The summed E-state index contributed by atoms with van der Waals surface area (Å²) in [6.45, 7) is 12.1. The van der Waals surface area contributed by atoms with Crippen molar-refractivity contribution in [1.82, 2.24) is 20.4 Å². The van der Waals surface area contributed by atoms with E-state index >= 15 is 9.59 Å². The molecule has 89 heavy (non-hydrogen) atoms. The first-order valence-electron chi connectivity index (χ1n) is 31.1. The molecule has 22 atom stereocenters. The fourth-order valence-corrected chi connectivity index (χ4v) is 12.4. The van der Waals surface area contributed by atoms with E-state index in [9.17, 15) is 39.9 Å². The Morgan fingerprint density at radius 3 is 2.17 bits per heavy atom. The summed E-state index contributed by atoms with van der Waals surface area (Å²) < 4.78 is 73.6. The Hall–Kier alpha value is -4.43. The van der Waals surface area contributed by atoms with Crippen LogP contribution in [0.25, 0.3) is 0 Å². The molecule has 0 aliphatic carbocycles. The molecule has 0 saturated carbocycles. The van der Waals surface area contributed by atoms with Gasteiger partial charge in [0.25, 0.3) is 0 Å². The van der Waals surface area contributed by atoms with Gasteiger partial charge in [0.05, 0.1) is 81.6 Å². The number of amides is 3. The SMILES string of the molecule is CC[C@H]1OC(=O)C[C@H](O)[C@H](C)[C@@H](O[C@@H]2O[C@H](C)[C@@H](O[C@H]3C[C@@](C)(O)[C@@H](O)[C@H](C)O3)C(N(C)C)[C@H]2O)[C@@H](C(C(=O)NCc2ccccc2)N2CCOCCOCCNC(=O)COCC2=O)C[C@@H](C)C(=O)/C=C/C(C)=C/[C@@H]1CO[C@@H]1O[C@H](C)[C@@H](O)[C@@H](OC)[C@H]1OC. The number of esters is 1. The molecule has 26 nitrogen and oxygen atoms in total. The van der Waals surface area contributed by atoms with Crippen molar-refractivity contribution >= 4 is 29.5 Å². The van der Waals surface area contributed by atoms with Gasteiger partial charge in [0.1, 0.15) is 62.0 Å². The van der Waals surface area contributed by atoms with Crippen LogP contribution in [0.1, 0.15) is 86.6 Å². The minimum absolute atomic E-state index is 0.0270. The summed E-state index contributed by atoms with van der Waals surface area (Å²) in [7, 11) is 6.30. The molecule has 7 N–H and O–H groups in total. The molecule has 4 saturated heterocycles. The third-order valence-electron chi connectivity index (χ3n) is 17.5. The number of likely N-dealkylation sites (N-methyl/N-ethyl adjacent to an activating group) is 1. The molecule has 2 unspecified atom stereocenters. The van der Waals surface area contributed by atoms with Crippen molar-refractivity contribution in [3.8, 4) is 0 Å². The van der Waals surface area contributed by atoms with Gasteiger partial charge in [-0.3, -0.25) is 24.0 Å². The molecule has 5 heterocycles. The lowest BCUT2D eigenvalue weighted by Crippen LogP contribution is -2.66. The Labute approximate surface area is 523 Å². The highest BCUT2D eigenvalue weighted by atomic mass is 16.7. The Bertz CT molecular complexity index is 2460. The molecule has 0 spiro atoms. The van der Waals surface area contributed by atoms with Crippen LogP contribution in [0, 0.1) is 23.7 Å². The molecule has 4 fully saturated rings. The van der Waals surface area contributed by atoms with Gasteiger partial charge >= 0.3 is 5.97 Å². The lowest BCUT2D eigenvalue weighted by molar-refractivity contribution is -0.342. The van der Waals surface area contributed by atoms with E-state index in [0.29, 0.717) is 11.1 Å². The van der Waals surface area contributed by atoms with E-state index < -0.39 is 183 Å². The number of rotatable bonds is 16. The maximum Gasteiger partial charge on any atom is 0.308 e. The van der Waals surface area contributed by atoms with Gasteiger partial charge in [-0.25, -0.2) is 0 Å². The highest BCUT2D eigenvalue weighted by Gasteiger charge is 2.53. The van der Waals surface area contributed by atoms with E-state index in [1.807, 2.05) is 13.0 Å². The zero-order valence-corrected chi connectivity index (χ0v) is 53.7. The predicted octanol–water partition coefficient (Wildman–Crippen LogP) is 0.938. The topological polar surface area (TPSA) is 328 Å². The quantitative estimate of drug-likeness (QED) is 0.113. The van der Waals surface area contributed by atoms with Gasteiger partial charge in [-0.05, 0) is 73.2 Å². The summed E-state index contributed by atoms with van der Waals surface area (Å²) in [4.78, 5) is 75.9. The minimum atomic E-state index is -1.65.